The molecule has 1 N–H and O–H groups in total. The molecule has 0 aromatic heterocycles. The standard InChI is InChI=1S/C16H26N2O/c1-5-6-9-18-12-16(2,3)17-11-13-7-8-14(19-4)10-15(13)18/h7-8,10,17H,5-6,9,11-12H2,1-4H3. The van der Waals surface area contributed by atoms with E-state index in [4.69, 9.17) is 4.74 Å². The largest absolute Gasteiger partial charge is 0.497 e. The third kappa shape index (κ3) is 3.41. The second-order valence-electron chi connectivity index (χ2n) is 6.01. The summed E-state index contributed by atoms with van der Waals surface area (Å²) >= 11 is 0. The maximum absolute atomic E-state index is 5.38. The third-order valence-electron chi connectivity index (χ3n) is 3.76. The van der Waals surface area contributed by atoms with Crippen molar-refractivity contribution in [1.82, 2.24) is 5.32 Å². The minimum atomic E-state index is 0.139. The van der Waals surface area contributed by atoms with Gasteiger partial charge in [-0.1, -0.05) is 19.4 Å². The molecular weight excluding hydrogens is 236 g/mol. The summed E-state index contributed by atoms with van der Waals surface area (Å²) in [5, 5.41) is 3.64. The number of fused-ring (bicyclic) bond motifs is 1. The van der Waals surface area contributed by atoms with Crippen LogP contribution in [0.1, 0.15) is 39.2 Å². The smallest absolute Gasteiger partial charge is 0.120 e. The third-order valence-corrected chi connectivity index (χ3v) is 3.76. The van der Waals surface area contributed by atoms with Crippen molar-refractivity contribution in [2.24, 2.45) is 0 Å². The second-order valence-corrected chi connectivity index (χ2v) is 6.01. The van der Waals surface area contributed by atoms with Gasteiger partial charge in [0.15, 0.2) is 0 Å². The summed E-state index contributed by atoms with van der Waals surface area (Å²) in [6.45, 7) is 9.86. The van der Waals surface area contributed by atoms with Crippen LogP contribution in [0.15, 0.2) is 18.2 Å². The van der Waals surface area contributed by atoms with Crippen LogP contribution in [0.4, 0.5) is 5.69 Å². The molecule has 0 aliphatic carbocycles. The lowest BCUT2D eigenvalue weighted by Gasteiger charge is -2.32. The minimum Gasteiger partial charge on any atom is -0.497 e. The Hall–Kier alpha value is -1.22. The van der Waals surface area contributed by atoms with E-state index in [9.17, 15) is 0 Å². The fourth-order valence-electron chi connectivity index (χ4n) is 2.62. The highest BCUT2D eigenvalue weighted by Crippen LogP contribution is 2.30. The first-order chi connectivity index (χ1) is 9.05. The fourth-order valence-corrected chi connectivity index (χ4v) is 2.62. The number of hydrogen-bond acceptors (Lipinski definition) is 3. The Labute approximate surface area is 116 Å². The van der Waals surface area contributed by atoms with E-state index in [1.807, 2.05) is 0 Å². The van der Waals surface area contributed by atoms with Crippen LogP contribution < -0.4 is 15.0 Å². The second kappa shape index (κ2) is 5.83. The number of rotatable bonds is 4. The summed E-state index contributed by atoms with van der Waals surface area (Å²) in [5.74, 6) is 0.944. The molecule has 0 spiro atoms. The molecule has 3 nitrogen and oxygen atoms in total. The lowest BCUT2D eigenvalue weighted by atomic mass is 10.1. The Balaban J connectivity index is 2.33. The Bertz CT molecular complexity index is 429. The van der Waals surface area contributed by atoms with Crippen LogP contribution in [-0.4, -0.2) is 25.7 Å². The molecular formula is C16H26N2O. The maximum atomic E-state index is 5.38. The summed E-state index contributed by atoms with van der Waals surface area (Å²) in [7, 11) is 1.73. The molecule has 0 fully saturated rings. The molecule has 1 aromatic rings. The number of nitrogens with zero attached hydrogens (tertiary/aromatic N) is 1. The number of methoxy groups -OCH3 is 1. The molecule has 0 saturated heterocycles. The molecule has 1 heterocycles. The van der Waals surface area contributed by atoms with E-state index in [2.05, 4.69) is 49.2 Å². The summed E-state index contributed by atoms with van der Waals surface area (Å²) < 4.78 is 5.38. The first kappa shape index (κ1) is 14.2. The topological polar surface area (TPSA) is 24.5 Å². The van der Waals surface area contributed by atoms with Gasteiger partial charge in [0, 0.05) is 36.9 Å². The molecule has 0 unspecified atom stereocenters. The van der Waals surface area contributed by atoms with E-state index >= 15 is 0 Å². The predicted octanol–water partition coefficient (Wildman–Crippen LogP) is 3.18. The van der Waals surface area contributed by atoms with Gasteiger partial charge < -0.3 is 15.0 Å². The quantitative estimate of drug-likeness (QED) is 0.902. The predicted molar refractivity (Wildman–Crippen MR) is 81.0 cm³/mol. The average molecular weight is 262 g/mol. The van der Waals surface area contributed by atoms with Crippen molar-refractivity contribution in [1.29, 1.82) is 0 Å². The number of hydrogen-bond donors (Lipinski definition) is 1. The van der Waals surface area contributed by atoms with Crippen molar-refractivity contribution in [3.05, 3.63) is 23.8 Å². The SMILES string of the molecule is CCCCN1CC(C)(C)NCc2ccc(OC)cc21. The van der Waals surface area contributed by atoms with Gasteiger partial charge in [0.2, 0.25) is 0 Å². The summed E-state index contributed by atoms with van der Waals surface area (Å²) in [4.78, 5) is 2.50. The van der Waals surface area contributed by atoms with E-state index in [0.717, 1.165) is 25.4 Å². The van der Waals surface area contributed by atoms with Gasteiger partial charge in [-0.25, -0.2) is 0 Å². The number of unbranched alkanes of at least 4 members (excludes halogenated alkanes) is 1. The Morgan fingerprint density at radius 2 is 2.16 bits per heavy atom. The van der Waals surface area contributed by atoms with Crippen LogP contribution in [0, 0.1) is 0 Å². The maximum Gasteiger partial charge on any atom is 0.120 e. The van der Waals surface area contributed by atoms with Gasteiger partial charge in [0.1, 0.15) is 5.75 Å². The molecule has 1 aromatic carbocycles. The first-order valence-electron chi connectivity index (χ1n) is 7.22. The summed E-state index contributed by atoms with van der Waals surface area (Å²) in [6.07, 6.45) is 2.45. The van der Waals surface area contributed by atoms with Crippen LogP contribution in [0.5, 0.6) is 5.75 Å². The molecule has 0 saturated carbocycles. The number of anilines is 1. The molecule has 0 radical (unpaired) electrons. The normalized spacial score (nSPS) is 17.8. The molecule has 0 atom stereocenters. The summed E-state index contributed by atoms with van der Waals surface area (Å²) in [5.41, 5.74) is 2.83. The summed E-state index contributed by atoms with van der Waals surface area (Å²) in [6, 6.07) is 6.41. The van der Waals surface area contributed by atoms with Crippen molar-refractivity contribution in [2.45, 2.75) is 45.7 Å². The van der Waals surface area contributed by atoms with Gasteiger partial charge in [-0.15, -0.1) is 0 Å². The van der Waals surface area contributed by atoms with Gasteiger partial charge >= 0.3 is 0 Å². The van der Waals surface area contributed by atoms with Gasteiger partial charge in [0.25, 0.3) is 0 Å². The van der Waals surface area contributed by atoms with Gasteiger partial charge in [0.05, 0.1) is 7.11 Å². The highest BCUT2D eigenvalue weighted by atomic mass is 16.5. The van der Waals surface area contributed by atoms with Crippen molar-refractivity contribution >= 4 is 5.69 Å². The molecule has 0 amide bonds. The van der Waals surface area contributed by atoms with E-state index in [0.29, 0.717) is 0 Å². The lowest BCUT2D eigenvalue weighted by Crippen LogP contribution is -2.47. The number of ether oxygens (including phenoxy) is 1. The Morgan fingerprint density at radius 1 is 1.37 bits per heavy atom. The monoisotopic (exact) mass is 262 g/mol. The Kier molecular flexibility index (Phi) is 4.35. The zero-order valence-electron chi connectivity index (χ0n) is 12.6. The highest BCUT2D eigenvalue weighted by Gasteiger charge is 2.26. The van der Waals surface area contributed by atoms with Crippen molar-refractivity contribution in [3.8, 4) is 5.75 Å². The van der Waals surface area contributed by atoms with Gasteiger partial charge in [-0.3, -0.25) is 0 Å². The van der Waals surface area contributed by atoms with Gasteiger partial charge in [-0.05, 0) is 31.9 Å². The van der Waals surface area contributed by atoms with Crippen molar-refractivity contribution in [3.63, 3.8) is 0 Å². The molecule has 1 aliphatic heterocycles. The Morgan fingerprint density at radius 3 is 2.84 bits per heavy atom. The average Bonchev–Trinajstić information content (AvgIpc) is 2.53. The molecule has 3 heteroatoms. The zero-order valence-corrected chi connectivity index (χ0v) is 12.6. The first-order valence-corrected chi connectivity index (χ1v) is 7.22. The van der Waals surface area contributed by atoms with Crippen LogP contribution in [-0.2, 0) is 6.54 Å². The molecule has 1 aliphatic rings. The van der Waals surface area contributed by atoms with Crippen LogP contribution in [0.2, 0.25) is 0 Å². The zero-order chi connectivity index (χ0) is 13.9. The van der Waals surface area contributed by atoms with Crippen LogP contribution in [0.25, 0.3) is 0 Å². The van der Waals surface area contributed by atoms with E-state index < -0.39 is 0 Å². The fraction of sp³-hybridized carbons (Fsp3) is 0.625. The molecule has 0 bridgehead atoms. The number of nitrogens with one attached hydrogen (secondary N) is 1. The van der Waals surface area contributed by atoms with E-state index in [-0.39, 0.29) is 5.54 Å². The van der Waals surface area contributed by atoms with Crippen molar-refractivity contribution < 1.29 is 4.74 Å². The highest BCUT2D eigenvalue weighted by molar-refractivity contribution is 5.58. The van der Waals surface area contributed by atoms with Crippen LogP contribution in [0.3, 0.4) is 0 Å². The van der Waals surface area contributed by atoms with E-state index in [1.165, 1.54) is 24.1 Å². The minimum absolute atomic E-state index is 0.139. The van der Waals surface area contributed by atoms with Crippen molar-refractivity contribution in [2.75, 3.05) is 25.1 Å². The number of benzene rings is 1. The molecule has 106 valence electrons. The van der Waals surface area contributed by atoms with Crippen LogP contribution >= 0.6 is 0 Å². The van der Waals surface area contributed by atoms with Gasteiger partial charge in [-0.2, -0.15) is 0 Å². The molecule has 2 rings (SSSR count). The van der Waals surface area contributed by atoms with E-state index in [1.54, 1.807) is 7.11 Å². The molecule has 19 heavy (non-hydrogen) atoms. The lowest BCUT2D eigenvalue weighted by molar-refractivity contribution is 0.394.